The minimum atomic E-state index is -1.23. The standard InChI is InChI=1S/C25H34N2O6/c1-2-24-11-7-16-32-23(31)19(24)18-21(29)27(14-8-15-28)20-22(30)26(17-9-4-3-5-10-17)13-6-12-25(18,20)33-24/h6-7,11-12,17-20,28H,2-5,8-10,13-16H2,1H3/t18-,19-,20?,24+,25-/m0/s1. The van der Waals surface area contributed by atoms with Gasteiger partial charge in [-0.15, -0.1) is 0 Å². The van der Waals surface area contributed by atoms with E-state index in [0.29, 0.717) is 19.4 Å². The normalized spacial score (nSPS) is 38.6. The van der Waals surface area contributed by atoms with Crippen LogP contribution in [0.25, 0.3) is 0 Å². The molecule has 0 bridgehead atoms. The molecule has 1 N–H and O–H groups in total. The molecule has 5 atom stereocenters. The second-order valence-corrected chi connectivity index (χ2v) is 9.95. The Labute approximate surface area is 194 Å². The van der Waals surface area contributed by atoms with E-state index in [1.54, 1.807) is 11.0 Å². The number of cyclic esters (lactones) is 1. The molecule has 8 heteroatoms. The largest absolute Gasteiger partial charge is 0.461 e. The lowest BCUT2D eigenvalue weighted by Gasteiger charge is -2.40. The van der Waals surface area contributed by atoms with E-state index in [-0.39, 0.29) is 37.6 Å². The maximum Gasteiger partial charge on any atom is 0.313 e. The first-order valence-corrected chi connectivity index (χ1v) is 12.4. The summed E-state index contributed by atoms with van der Waals surface area (Å²) >= 11 is 0. The number of hydrogen-bond acceptors (Lipinski definition) is 6. The van der Waals surface area contributed by atoms with Crippen LogP contribution in [0.4, 0.5) is 0 Å². The number of ether oxygens (including phenoxy) is 2. The van der Waals surface area contributed by atoms with Gasteiger partial charge in [0, 0.05) is 25.7 Å². The molecule has 2 saturated heterocycles. The second kappa shape index (κ2) is 8.55. The SMILES string of the molecule is CC[C@@]12C=CCOC(=O)[C@@H]1[C@H]1C(=O)N(CCCO)C3C(=O)N(C4CCCCC4)CC=C[C@@]31O2. The molecule has 4 heterocycles. The van der Waals surface area contributed by atoms with Crippen LogP contribution < -0.4 is 0 Å². The van der Waals surface area contributed by atoms with Crippen LogP contribution in [0.2, 0.25) is 0 Å². The molecule has 5 rings (SSSR count). The Kier molecular flexibility index (Phi) is 5.85. The summed E-state index contributed by atoms with van der Waals surface area (Å²) < 4.78 is 12.2. The van der Waals surface area contributed by atoms with E-state index in [4.69, 9.17) is 9.47 Å². The van der Waals surface area contributed by atoms with Crippen molar-refractivity contribution in [2.75, 3.05) is 26.3 Å². The van der Waals surface area contributed by atoms with Crippen molar-refractivity contribution in [2.24, 2.45) is 11.8 Å². The minimum absolute atomic E-state index is 0.0848. The van der Waals surface area contributed by atoms with Crippen molar-refractivity contribution >= 4 is 17.8 Å². The van der Waals surface area contributed by atoms with Gasteiger partial charge >= 0.3 is 5.97 Å². The summed E-state index contributed by atoms with van der Waals surface area (Å²) in [5.41, 5.74) is -2.21. The molecule has 5 aliphatic rings. The Morgan fingerprint density at radius 3 is 2.58 bits per heavy atom. The number of hydrogen-bond donors (Lipinski definition) is 1. The Bertz CT molecular complexity index is 880. The summed E-state index contributed by atoms with van der Waals surface area (Å²) in [6.45, 7) is 2.72. The van der Waals surface area contributed by atoms with Gasteiger partial charge in [-0.2, -0.15) is 0 Å². The minimum Gasteiger partial charge on any atom is -0.461 e. The molecule has 2 amide bonds. The van der Waals surface area contributed by atoms with Crippen molar-refractivity contribution in [3.8, 4) is 0 Å². The molecule has 0 aromatic heterocycles. The van der Waals surface area contributed by atoms with Crippen molar-refractivity contribution in [1.82, 2.24) is 9.80 Å². The van der Waals surface area contributed by atoms with Gasteiger partial charge in [-0.3, -0.25) is 14.4 Å². The monoisotopic (exact) mass is 458 g/mol. The van der Waals surface area contributed by atoms with Crippen LogP contribution in [0.3, 0.4) is 0 Å². The van der Waals surface area contributed by atoms with Crippen LogP contribution in [0.1, 0.15) is 51.9 Å². The van der Waals surface area contributed by atoms with Crippen LogP contribution >= 0.6 is 0 Å². The average Bonchev–Trinajstić information content (AvgIpc) is 3.10. The summed E-state index contributed by atoms with van der Waals surface area (Å²) in [6, 6.07) is -0.699. The smallest absolute Gasteiger partial charge is 0.313 e. The highest BCUT2D eigenvalue weighted by molar-refractivity contribution is 5.99. The van der Waals surface area contributed by atoms with Crippen LogP contribution in [0, 0.1) is 11.8 Å². The maximum atomic E-state index is 14.1. The van der Waals surface area contributed by atoms with Crippen LogP contribution in [-0.4, -0.2) is 82.3 Å². The Balaban J connectivity index is 1.61. The molecule has 8 nitrogen and oxygen atoms in total. The zero-order chi connectivity index (χ0) is 23.2. The highest BCUT2D eigenvalue weighted by Crippen LogP contribution is 2.58. The highest BCUT2D eigenvalue weighted by Gasteiger charge is 2.75. The van der Waals surface area contributed by atoms with Gasteiger partial charge in [-0.05, 0) is 31.8 Å². The Morgan fingerprint density at radius 1 is 1.06 bits per heavy atom. The third kappa shape index (κ3) is 3.28. The number of aliphatic hydroxyl groups excluding tert-OH is 1. The van der Waals surface area contributed by atoms with E-state index in [1.807, 2.05) is 30.1 Å². The molecule has 3 fully saturated rings. The summed E-state index contributed by atoms with van der Waals surface area (Å²) in [5.74, 6) is -2.46. The highest BCUT2D eigenvalue weighted by atomic mass is 16.6. The van der Waals surface area contributed by atoms with E-state index in [0.717, 1.165) is 25.7 Å². The molecule has 33 heavy (non-hydrogen) atoms. The van der Waals surface area contributed by atoms with Crippen molar-refractivity contribution in [1.29, 1.82) is 0 Å². The molecule has 0 aromatic rings. The molecule has 0 aromatic carbocycles. The third-order valence-corrected chi connectivity index (χ3v) is 8.30. The Hall–Kier alpha value is -2.19. The van der Waals surface area contributed by atoms with Crippen LogP contribution in [0.5, 0.6) is 0 Å². The fraction of sp³-hybridized carbons (Fsp3) is 0.720. The predicted octanol–water partition coefficient (Wildman–Crippen LogP) is 1.57. The van der Waals surface area contributed by atoms with E-state index >= 15 is 0 Å². The fourth-order valence-electron chi connectivity index (χ4n) is 6.82. The van der Waals surface area contributed by atoms with Gasteiger partial charge in [-0.25, -0.2) is 0 Å². The number of carbonyl (C=O) groups excluding carboxylic acids is 3. The number of carbonyl (C=O) groups is 3. The summed E-state index contributed by atoms with van der Waals surface area (Å²) in [7, 11) is 0. The van der Waals surface area contributed by atoms with Gasteiger partial charge in [0.1, 0.15) is 29.8 Å². The predicted molar refractivity (Wildman–Crippen MR) is 119 cm³/mol. The van der Waals surface area contributed by atoms with Gasteiger partial charge < -0.3 is 24.4 Å². The molecule has 1 aliphatic carbocycles. The number of aliphatic hydroxyl groups is 1. The van der Waals surface area contributed by atoms with Gasteiger partial charge in [0.2, 0.25) is 11.8 Å². The lowest BCUT2D eigenvalue weighted by atomic mass is 9.73. The number of rotatable bonds is 5. The van der Waals surface area contributed by atoms with Gasteiger partial charge in [-0.1, -0.05) is 44.4 Å². The molecule has 1 saturated carbocycles. The first-order chi connectivity index (χ1) is 16.0. The van der Waals surface area contributed by atoms with Crippen LogP contribution in [0.15, 0.2) is 24.3 Å². The molecule has 180 valence electrons. The molecule has 4 aliphatic heterocycles. The van der Waals surface area contributed by atoms with Crippen molar-refractivity contribution in [2.45, 2.75) is 75.2 Å². The first-order valence-electron chi connectivity index (χ1n) is 12.4. The summed E-state index contributed by atoms with van der Waals surface area (Å²) in [4.78, 5) is 44.7. The topological polar surface area (TPSA) is 96.4 Å². The van der Waals surface area contributed by atoms with Crippen molar-refractivity contribution < 1.29 is 29.0 Å². The quantitative estimate of drug-likeness (QED) is 0.496. The first kappa shape index (κ1) is 22.6. The number of nitrogens with zero attached hydrogens (tertiary/aromatic N) is 2. The number of amides is 2. The zero-order valence-corrected chi connectivity index (χ0v) is 19.3. The van der Waals surface area contributed by atoms with E-state index in [9.17, 15) is 19.5 Å². The second-order valence-electron chi connectivity index (χ2n) is 9.95. The zero-order valence-electron chi connectivity index (χ0n) is 19.3. The Morgan fingerprint density at radius 2 is 1.85 bits per heavy atom. The van der Waals surface area contributed by atoms with Gasteiger partial charge in [0.25, 0.3) is 0 Å². The van der Waals surface area contributed by atoms with Crippen molar-refractivity contribution in [3.05, 3.63) is 24.3 Å². The number of likely N-dealkylation sites (tertiary alicyclic amines) is 1. The van der Waals surface area contributed by atoms with E-state index in [2.05, 4.69) is 0 Å². The van der Waals surface area contributed by atoms with E-state index in [1.165, 1.54) is 6.42 Å². The molecule has 1 spiro atoms. The fourth-order valence-corrected chi connectivity index (χ4v) is 6.82. The maximum absolute atomic E-state index is 14.1. The lowest BCUT2D eigenvalue weighted by molar-refractivity contribution is -0.160. The molecular weight excluding hydrogens is 424 g/mol. The van der Waals surface area contributed by atoms with Gasteiger partial charge in [0.15, 0.2) is 0 Å². The third-order valence-electron chi connectivity index (χ3n) is 8.30. The molecule has 0 radical (unpaired) electrons. The molecule has 1 unspecified atom stereocenters. The summed E-state index contributed by atoms with van der Waals surface area (Å²) in [6.07, 6.45) is 13.6. The number of fused-ring (bicyclic) bond motifs is 2. The van der Waals surface area contributed by atoms with E-state index < -0.39 is 35.0 Å². The van der Waals surface area contributed by atoms with Crippen molar-refractivity contribution in [3.63, 3.8) is 0 Å². The summed E-state index contributed by atoms with van der Waals surface area (Å²) in [5, 5.41) is 9.47. The lowest BCUT2D eigenvalue weighted by Crippen LogP contribution is -2.58. The van der Waals surface area contributed by atoms with Gasteiger partial charge in [0.05, 0.1) is 5.92 Å². The van der Waals surface area contributed by atoms with Crippen LogP contribution in [-0.2, 0) is 23.9 Å². The average molecular weight is 459 g/mol. The molecular formula is C25H34N2O6. The number of esters is 1.